The van der Waals surface area contributed by atoms with Crippen LogP contribution in [-0.4, -0.2) is 16.9 Å². The van der Waals surface area contributed by atoms with Crippen molar-refractivity contribution in [2.24, 2.45) is 11.3 Å². The third-order valence-electron chi connectivity index (χ3n) is 4.23. The van der Waals surface area contributed by atoms with E-state index in [9.17, 15) is 9.59 Å². The molecule has 102 valence electrons. The van der Waals surface area contributed by atoms with E-state index in [0.717, 1.165) is 18.4 Å². The first-order chi connectivity index (χ1) is 9.00. The van der Waals surface area contributed by atoms with Gasteiger partial charge in [-0.15, -0.1) is 0 Å². The Labute approximate surface area is 113 Å². The molecule has 1 saturated carbocycles. The van der Waals surface area contributed by atoms with Crippen molar-refractivity contribution in [3.8, 4) is 0 Å². The molecule has 3 heteroatoms. The molecule has 0 heterocycles. The van der Waals surface area contributed by atoms with Gasteiger partial charge in [0.05, 0.1) is 5.92 Å². The molecule has 0 atom stereocenters. The summed E-state index contributed by atoms with van der Waals surface area (Å²) in [6.07, 6.45) is 3.54. The van der Waals surface area contributed by atoms with Crippen LogP contribution in [0.1, 0.15) is 49.4 Å². The number of rotatable bonds is 4. The van der Waals surface area contributed by atoms with Crippen LogP contribution in [0.5, 0.6) is 0 Å². The minimum atomic E-state index is -0.698. The van der Waals surface area contributed by atoms with Gasteiger partial charge in [0.1, 0.15) is 0 Å². The first-order valence-corrected chi connectivity index (χ1v) is 6.81. The molecular weight excluding hydrogens is 240 g/mol. The number of Topliss-reactive ketones (excluding diaryl/α,β-unsaturated/α-hetero) is 1. The van der Waals surface area contributed by atoms with Gasteiger partial charge >= 0.3 is 5.97 Å². The van der Waals surface area contributed by atoms with Crippen molar-refractivity contribution in [3.05, 3.63) is 35.9 Å². The molecule has 1 aromatic rings. The molecule has 1 aliphatic rings. The van der Waals surface area contributed by atoms with E-state index in [4.69, 9.17) is 5.11 Å². The molecule has 3 nitrogen and oxygen atoms in total. The lowest BCUT2D eigenvalue weighted by molar-refractivity contribution is -0.143. The Morgan fingerprint density at radius 2 is 1.79 bits per heavy atom. The molecule has 0 unspecified atom stereocenters. The Kier molecular flexibility index (Phi) is 4.03. The van der Waals surface area contributed by atoms with Crippen molar-refractivity contribution in [2.75, 3.05) is 0 Å². The number of hydrogen-bond acceptors (Lipinski definition) is 2. The van der Waals surface area contributed by atoms with Crippen LogP contribution in [0.25, 0.3) is 0 Å². The maximum Gasteiger partial charge on any atom is 0.306 e. The number of hydrogen-bond donors (Lipinski definition) is 1. The van der Waals surface area contributed by atoms with Crippen LogP contribution in [-0.2, 0) is 4.79 Å². The van der Waals surface area contributed by atoms with E-state index in [-0.39, 0.29) is 17.1 Å². The number of carboxylic acid groups (broad SMARTS) is 1. The summed E-state index contributed by atoms with van der Waals surface area (Å²) in [5.74, 6) is -0.756. The predicted molar refractivity (Wildman–Crippen MR) is 73.1 cm³/mol. The van der Waals surface area contributed by atoms with Crippen molar-refractivity contribution in [1.82, 2.24) is 0 Å². The molecule has 1 N–H and O–H groups in total. The average molecular weight is 260 g/mol. The second kappa shape index (κ2) is 5.55. The van der Waals surface area contributed by atoms with Crippen molar-refractivity contribution in [1.29, 1.82) is 0 Å². The van der Waals surface area contributed by atoms with Crippen molar-refractivity contribution in [2.45, 2.75) is 39.0 Å². The average Bonchev–Trinajstić information content (AvgIpc) is 2.40. The molecule has 2 rings (SSSR count). The zero-order valence-electron chi connectivity index (χ0n) is 11.3. The summed E-state index contributed by atoms with van der Waals surface area (Å²) >= 11 is 0. The molecule has 0 aromatic heterocycles. The van der Waals surface area contributed by atoms with Gasteiger partial charge in [0.15, 0.2) is 5.78 Å². The highest BCUT2D eigenvalue weighted by Crippen LogP contribution is 2.41. The predicted octanol–water partition coefficient (Wildman–Crippen LogP) is 3.54. The number of benzene rings is 1. The van der Waals surface area contributed by atoms with Crippen LogP contribution < -0.4 is 0 Å². The van der Waals surface area contributed by atoms with Gasteiger partial charge in [0.2, 0.25) is 0 Å². The van der Waals surface area contributed by atoms with Gasteiger partial charge in [-0.3, -0.25) is 9.59 Å². The molecule has 0 saturated heterocycles. The summed E-state index contributed by atoms with van der Waals surface area (Å²) in [5.41, 5.74) is 0.711. The zero-order chi connectivity index (χ0) is 13.9. The minimum absolute atomic E-state index is 0.0428. The fourth-order valence-electron chi connectivity index (χ4n) is 2.85. The summed E-state index contributed by atoms with van der Waals surface area (Å²) in [7, 11) is 0. The van der Waals surface area contributed by atoms with Gasteiger partial charge in [-0.2, -0.15) is 0 Å². The van der Waals surface area contributed by atoms with Gasteiger partial charge in [-0.25, -0.2) is 0 Å². The fourth-order valence-corrected chi connectivity index (χ4v) is 2.85. The first kappa shape index (κ1) is 13.8. The highest BCUT2D eigenvalue weighted by Gasteiger charge is 2.35. The van der Waals surface area contributed by atoms with E-state index in [1.165, 1.54) is 0 Å². The maximum absolute atomic E-state index is 12.2. The molecule has 1 fully saturated rings. The third-order valence-corrected chi connectivity index (χ3v) is 4.23. The van der Waals surface area contributed by atoms with Crippen molar-refractivity contribution < 1.29 is 14.7 Å². The molecule has 0 spiro atoms. The maximum atomic E-state index is 12.2. The number of carbonyl (C=O) groups is 2. The quantitative estimate of drug-likeness (QED) is 0.842. The van der Waals surface area contributed by atoms with Crippen LogP contribution in [0.3, 0.4) is 0 Å². The van der Waals surface area contributed by atoms with E-state index in [1.54, 1.807) is 0 Å². The molecule has 0 bridgehead atoms. The van der Waals surface area contributed by atoms with Gasteiger partial charge in [-0.1, -0.05) is 37.3 Å². The standard InChI is InChI=1S/C16H20O3/c1-16(9-7-13(8-10-16)15(18)19)11-14(17)12-5-3-2-4-6-12/h2-6,13H,7-11H2,1H3,(H,18,19). The summed E-state index contributed by atoms with van der Waals surface area (Å²) in [4.78, 5) is 23.2. The number of carbonyl (C=O) groups excluding carboxylic acids is 1. The summed E-state index contributed by atoms with van der Waals surface area (Å²) in [5, 5.41) is 9.00. The van der Waals surface area contributed by atoms with E-state index < -0.39 is 5.97 Å². The van der Waals surface area contributed by atoms with E-state index in [2.05, 4.69) is 6.92 Å². The molecule has 0 radical (unpaired) electrons. The number of aliphatic carboxylic acids is 1. The third kappa shape index (κ3) is 3.43. The smallest absolute Gasteiger partial charge is 0.306 e. The summed E-state index contributed by atoms with van der Waals surface area (Å²) in [6, 6.07) is 9.33. The van der Waals surface area contributed by atoms with Crippen LogP contribution in [0.2, 0.25) is 0 Å². The molecule has 0 aliphatic heterocycles. The fraction of sp³-hybridized carbons (Fsp3) is 0.500. The normalized spacial score (nSPS) is 26.9. The second-order valence-corrected chi connectivity index (χ2v) is 5.89. The monoisotopic (exact) mass is 260 g/mol. The van der Waals surface area contributed by atoms with Gasteiger partial charge in [-0.05, 0) is 31.1 Å². The Hall–Kier alpha value is -1.64. The van der Waals surface area contributed by atoms with Crippen LogP contribution in [0.15, 0.2) is 30.3 Å². The second-order valence-electron chi connectivity index (χ2n) is 5.89. The SMILES string of the molecule is CC1(CC(=O)c2ccccc2)CCC(C(=O)O)CC1. The summed E-state index contributed by atoms with van der Waals surface area (Å²) in [6.45, 7) is 2.10. The molecular formula is C16H20O3. The highest BCUT2D eigenvalue weighted by atomic mass is 16.4. The van der Waals surface area contributed by atoms with E-state index in [0.29, 0.717) is 19.3 Å². The van der Waals surface area contributed by atoms with Crippen LogP contribution in [0, 0.1) is 11.3 Å². The largest absolute Gasteiger partial charge is 0.481 e. The van der Waals surface area contributed by atoms with Crippen molar-refractivity contribution in [3.63, 3.8) is 0 Å². The van der Waals surface area contributed by atoms with Crippen molar-refractivity contribution >= 4 is 11.8 Å². The van der Waals surface area contributed by atoms with Gasteiger partial charge in [0.25, 0.3) is 0 Å². The van der Waals surface area contributed by atoms with Gasteiger partial charge < -0.3 is 5.11 Å². The summed E-state index contributed by atoms with van der Waals surface area (Å²) < 4.78 is 0. The molecule has 19 heavy (non-hydrogen) atoms. The minimum Gasteiger partial charge on any atom is -0.481 e. The lowest BCUT2D eigenvalue weighted by Gasteiger charge is -2.35. The topological polar surface area (TPSA) is 54.4 Å². The lowest BCUT2D eigenvalue weighted by Crippen LogP contribution is -2.30. The Morgan fingerprint density at radius 3 is 2.32 bits per heavy atom. The zero-order valence-corrected chi connectivity index (χ0v) is 11.3. The Morgan fingerprint density at radius 1 is 1.21 bits per heavy atom. The molecule has 0 amide bonds. The lowest BCUT2D eigenvalue weighted by atomic mass is 9.69. The Balaban J connectivity index is 1.96. The van der Waals surface area contributed by atoms with E-state index >= 15 is 0 Å². The Bertz CT molecular complexity index is 456. The van der Waals surface area contributed by atoms with E-state index in [1.807, 2.05) is 30.3 Å². The molecule has 1 aromatic carbocycles. The van der Waals surface area contributed by atoms with Crippen LogP contribution in [0.4, 0.5) is 0 Å². The first-order valence-electron chi connectivity index (χ1n) is 6.81. The number of ketones is 1. The highest BCUT2D eigenvalue weighted by molar-refractivity contribution is 5.96. The van der Waals surface area contributed by atoms with Crippen LogP contribution >= 0.6 is 0 Å². The van der Waals surface area contributed by atoms with Gasteiger partial charge in [0, 0.05) is 12.0 Å². The molecule has 1 aliphatic carbocycles. The number of carboxylic acids is 1.